The predicted octanol–water partition coefficient (Wildman–Crippen LogP) is 6.64. The van der Waals surface area contributed by atoms with Crippen molar-refractivity contribution in [1.82, 2.24) is 14.8 Å². The van der Waals surface area contributed by atoms with E-state index >= 15 is 0 Å². The lowest BCUT2D eigenvalue weighted by atomic mass is 10.1. The molecule has 0 saturated heterocycles. The van der Waals surface area contributed by atoms with Crippen molar-refractivity contribution in [3.8, 4) is 17.5 Å². The van der Waals surface area contributed by atoms with Gasteiger partial charge < -0.3 is 5.32 Å². The number of anilines is 1. The lowest BCUT2D eigenvalue weighted by Crippen LogP contribution is -2.15. The summed E-state index contributed by atoms with van der Waals surface area (Å²) < 4.78 is 2.10. The van der Waals surface area contributed by atoms with Crippen molar-refractivity contribution < 1.29 is 4.79 Å². The van der Waals surface area contributed by atoms with Gasteiger partial charge in [0.2, 0.25) is 5.91 Å². The highest BCUT2D eigenvalue weighted by Gasteiger charge is 2.22. The van der Waals surface area contributed by atoms with E-state index in [4.69, 9.17) is 0 Å². The summed E-state index contributed by atoms with van der Waals surface area (Å²) in [6.45, 7) is 8.58. The number of carbonyl (C=O) groups is 1. The first kappa shape index (κ1) is 24.0. The highest BCUT2D eigenvalue weighted by Crippen LogP contribution is 2.37. The van der Waals surface area contributed by atoms with Gasteiger partial charge in [0, 0.05) is 26.7 Å². The van der Waals surface area contributed by atoms with Crippen LogP contribution in [-0.4, -0.2) is 26.4 Å². The van der Waals surface area contributed by atoms with Gasteiger partial charge in [0.05, 0.1) is 11.3 Å². The smallest absolute Gasteiger partial charge is 0.235 e. The maximum Gasteiger partial charge on any atom is 0.235 e. The highest BCUT2D eigenvalue weighted by molar-refractivity contribution is 7.99. The number of thiophene rings is 2. The number of nitriles is 1. The Morgan fingerprint density at radius 1 is 1.24 bits per heavy atom. The van der Waals surface area contributed by atoms with E-state index in [0.29, 0.717) is 16.5 Å². The Labute approximate surface area is 207 Å². The van der Waals surface area contributed by atoms with Crippen molar-refractivity contribution in [3.05, 3.63) is 32.3 Å². The molecule has 1 aliphatic rings. The monoisotopic (exact) mass is 499 g/mol. The van der Waals surface area contributed by atoms with Gasteiger partial charge in [-0.1, -0.05) is 32.0 Å². The van der Waals surface area contributed by atoms with E-state index in [1.54, 1.807) is 22.7 Å². The van der Waals surface area contributed by atoms with Crippen molar-refractivity contribution in [2.24, 2.45) is 0 Å². The maximum absolute atomic E-state index is 12.8. The number of fused-ring (bicyclic) bond motifs is 1. The first-order chi connectivity index (χ1) is 15.9. The number of rotatable bonds is 7. The largest absolute Gasteiger partial charge is 0.316 e. The molecule has 6 nitrogen and oxygen atoms in total. The Morgan fingerprint density at radius 2 is 2.03 bits per heavy atom. The molecule has 0 aliphatic heterocycles. The van der Waals surface area contributed by atoms with E-state index in [9.17, 15) is 10.1 Å². The molecule has 3 aromatic heterocycles. The minimum atomic E-state index is -0.120. The molecule has 33 heavy (non-hydrogen) atoms. The second kappa shape index (κ2) is 10.4. The third kappa shape index (κ3) is 5.18. The molecule has 0 saturated carbocycles. The van der Waals surface area contributed by atoms with Crippen LogP contribution in [0.5, 0.6) is 0 Å². The van der Waals surface area contributed by atoms with E-state index in [0.717, 1.165) is 47.8 Å². The molecule has 3 heterocycles. The average Bonchev–Trinajstić information content (AvgIpc) is 3.45. The topological polar surface area (TPSA) is 83.6 Å². The fraction of sp³-hybridized carbons (Fsp3) is 0.500. The number of nitrogens with one attached hydrogen (secondary N) is 1. The molecule has 3 aromatic rings. The molecule has 0 radical (unpaired) electrons. The lowest BCUT2D eigenvalue weighted by molar-refractivity contribution is -0.113. The Kier molecular flexibility index (Phi) is 7.57. The predicted molar refractivity (Wildman–Crippen MR) is 137 cm³/mol. The summed E-state index contributed by atoms with van der Waals surface area (Å²) >= 11 is 4.69. The van der Waals surface area contributed by atoms with Crippen molar-refractivity contribution in [2.75, 3.05) is 11.1 Å². The third-order valence-corrected chi connectivity index (χ3v) is 9.13. The average molecular weight is 500 g/mol. The van der Waals surface area contributed by atoms with Gasteiger partial charge in [-0.15, -0.1) is 32.9 Å². The van der Waals surface area contributed by atoms with Gasteiger partial charge in [-0.05, 0) is 57.1 Å². The third-order valence-electron chi connectivity index (χ3n) is 5.75. The van der Waals surface area contributed by atoms with Crippen LogP contribution in [0.15, 0.2) is 16.6 Å². The zero-order valence-electron chi connectivity index (χ0n) is 19.5. The quantitative estimate of drug-likeness (QED) is 0.291. The van der Waals surface area contributed by atoms with Crippen LogP contribution >= 0.6 is 34.4 Å². The Morgan fingerprint density at radius 3 is 2.73 bits per heavy atom. The van der Waals surface area contributed by atoms with Gasteiger partial charge in [0.25, 0.3) is 0 Å². The normalized spacial score (nSPS) is 13.7. The summed E-state index contributed by atoms with van der Waals surface area (Å²) in [6, 6.07) is 4.68. The van der Waals surface area contributed by atoms with E-state index in [-0.39, 0.29) is 17.7 Å². The minimum absolute atomic E-state index is 0.120. The zero-order chi connectivity index (χ0) is 23.5. The van der Waals surface area contributed by atoms with Gasteiger partial charge >= 0.3 is 0 Å². The first-order valence-corrected chi connectivity index (χ1v) is 14.1. The Hall–Kier alpha value is -2.15. The first-order valence-electron chi connectivity index (χ1n) is 11.4. The molecule has 1 N–H and O–H groups in total. The molecule has 174 valence electrons. The summed E-state index contributed by atoms with van der Waals surface area (Å²) in [5.41, 5.74) is 2.87. The number of thioether (sulfide) groups is 1. The minimum Gasteiger partial charge on any atom is -0.316 e. The summed E-state index contributed by atoms with van der Waals surface area (Å²) in [6.07, 6.45) is 5.39. The molecule has 0 fully saturated rings. The molecule has 1 amide bonds. The number of hydrogen-bond donors (Lipinski definition) is 1. The molecule has 0 aromatic carbocycles. The van der Waals surface area contributed by atoms with E-state index in [1.807, 2.05) is 0 Å². The molecule has 0 bridgehead atoms. The second-order valence-corrected chi connectivity index (χ2v) is 11.9. The number of carbonyl (C=O) groups excluding carboxylic acids is 1. The van der Waals surface area contributed by atoms with Crippen LogP contribution in [0.25, 0.3) is 11.4 Å². The molecule has 1 aliphatic carbocycles. The van der Waals surface area contributed by atoms with E-state index < -0.39 is 0 Å². The molecular weight excluding hydrogens is 470 g/mol. The molecule has 0 unspecified atom stereocenters. The fourth-order valence-electron chi connectivity index (χ4n) is 4.05. The van der Waals surface area contributed by atoms with Gasteiger partial charge in [-0.25, -0.2) is 0 Å². The van der Waals surface area contributed by atoms with Crippen LogP contribution in [0.1, 0.15) is 79.8 Å². The molecule has 0 spiro atoms. The van der Waals surface area contributed by atoms with Crippen molar-refractivity contribution in [1.29, 1.82) is 5.26 Å². The van der Waals surface area contributed by atoms with Crippen LogP contribution in [-0.2, 0) is 17.6 Å². The van der Waals surface area contributed by atoms with Crippen molar-refractivity contribution in [3.63, 3.8) is 0 Å². The summed E-state index contributed by atoms with van der Waals surface area (Å²) in [4.78, 5) is 15.4. The Bertz CT molecular complexity index is 1180. The van der Waals surface area contributed by atoms with Gasteiger partial charge in [-0.3, -0.25) is 9.36 Å². The maximum atomic E-state index is 12.8. The highest BCUT2D eigenvalue weighted by atomic mass is 32.2. The number of hydrogen-bond acceptors (Lipinski definition) is 7. The number of nitrogens with zero attached hydrogens (tertiary/aromatic N) is 4. The fourth-order valence-corrected chi connectivity index (χ4v) is 7.08. The van der Waals surface area contributed by atoms with Crippen LogP contribution in [0.4, 0.5) is 5.00 Å². The van der Waals surface area contributed by atoms with E-state index in [2.05, 4.69) is 65.3 Å². The SMILES string of the molecule is CC(C)c1cc(-c2nnc(SCC(=O)Nc3sc4c(c3C#N)CCCCC4)n2C(C)C)cs1. The molecule has 4 rings (SSSR count). The Balaban J connectivity index is 1.48. The lowest BCUT2D eigenvalue weighted by Gasteiger charge is -2.13. The van der Waals surface area contributed by atoms with Gasteiger partial charge in [0.1, 0.15) is 11.1 Å². The van der Waals surface area contributed by atoms with Crippen molar-refractivity contribution >= 4 is 45.3 Å². The number of aromatic nitrogens is 3. The van der Waals surface area contributed by atoms with Crippen LogP contribution in [0.2, 0.25) is 0 Å². The summed E-state index contributed by atoms with van der Waals surface area (Å²) in [5.74, 6) is 1.41. The van der Waals surface area contributed by atoms with Gasteiger partial charge in [-0.2, -0.15) is 5.26 Å². The summed E-state index contributed by atoms with van der Waals surface area (Å²) in [5, 5.41) is 25.1. The van der Waals surface area contributed by atoms with Crippen LogP contribution < -0.4 is 5.32 Å². The van der Waals surface area contributed by atoms with Crippen LogP contribution in [0.3, 0.4) is 0 Å². The van der Waals surface area contributed by atoms with Crippen molar-refractivity contribution in [2.45, 2.75) is 76.9 Å². The van der Waals surface area contributed by atoms with Gasteiger partial charge in [0.15, 0.2) is 11.0 Å². The number of aryl methyl sites for hydroxylation is 1. The van der Waals surface area contributed by atoms with E-state index in [1.165, 1.54) is 27.9 Å². The summed E-state index contributed by atoms with van der Waals surface area (Å²) in [7, 11) is 0. The molecular formula is C24H29N5OS3. The second-order valence-electron chi connectivity index (χ2n) is 8.88. The number of amides is 1. The zero-order valence-corrected chi connectivity index (χ0v) is 21.9. The molecule has 0 atom stereocenters. The molecule has 9 heteroatoms. The standard InChI is InChI=1S/C24H29N5OS3/c1-14(2)20-10-16(12-31-20)22-27-28-24(29(22)15(3)4)32-13-21(30)26-23-18(11-25)17-8-6-5-7-9-19(17)33-23/h10,12,14-15H,5-9,13H2,1-4H3,(H,26,30). The van der Waals surface area contributed by atoms with Crippen LogP contribution in [0, 0.1) is 11.3 Å².